The molecule has 1 aliphatic rings. The Morgan fingerprint density at radius 2 is 1.88 bits per heavy atom. The summed E-state index contributed by atoms with van der Waals surface area (Å²) in [7, 11) is 1.33. The number of nitrogens with two attached hydrogens (primary N) is 1. The average Bonchev–Trinajstić information content (AvgIpc) is 3.25. The fourth-order valence-corrected chi connectivity index (χ4v) is 4.07. The van der Waals surface area contributed by atoms with E-state index in [4.69, 9.17) is 15.2 Å². The number of H-pyrrole nitrogens is 1. The number of allylic oxidation sites excluding steroid dienone is 1. The van der Waals surface area contributed by atoms with Gasteiger partial charge in [0.25, 0.3) is 0 Å². The van der Waals surface area contributed by atoms with E-state index in [-0.39, 0.29) is 11.5 Å². The van der Waals surface area contributed by atoms with Gasteiger partial charge in [-0.15, -0.1) is 5.10 Å². The fraction of sp³-hybridized carbons (Fsp3) is 0.0800. The molecule has 2 heterocycles. The molecular formula is C25H18N4O3. The van der Waals surface area contributed by atoms with Gasteiger partial charge in [-0.3, -0.25) is 5.10 Å². The number of esters is 1. The van der Waals surface area contributed by atoms with Gasteiger partial charge in [-0.2, -0.15) is 5.26 Å². The third kappa shape index (κ3) is 3.06. The summed E-state index contributed by atoms with van der Waals surface area (Å²) in [6, 6.07) is 23.3. The number of aromatic amines is 1. The normalized spacial score (nSPS) is 15.1. The molecule has 1 atom stereocenters. The summed E-state index contributed by atoms with van der Waals surface area (Å²) >= 11 is 0. The number of nitrogens with one attached hydrogen (secondary N) is 1. The zero-order chi connectivity index (χ0) is 22.2. The highest BCUT2D eigenvalue weighted by atomic mass is 16.5. The van der Waals surface area contributed by atoms with Crippen LogP contribution in [0.15, 0.2) is 78.2 Å². The summed E-state index contributed by atoms with van der Waals surface area (Å²) in [4.78, 5) is 11.8. The van der Waals surface area contributed by atoms with Crippen molar-refractivity contribution in [1.82, 2.24) is 10.2 Å². The fourth-order valence-electron chi connectivity index (χ4n) is 4.07. The van der Waals surface area contributed by atoms with E-state index < -0.39 is 11.9 Å². The van der Waals surface area contributed by atoms with Crippen LogP contribution in [0.5, 0.6) is 5.88 Å². The maximum Gasteiger partial charge on any atom is 0.337 e. The molecule has 0 unspecified atom stereocenters. The predicted molar refractivity (Wildman–Crippen MR) is 119 cm³/mol. The summed E-state index contributed by atoms with van der Waals surface area (Å²) in [5, 5.41) is 19.5. The van der Waals surface area contributed by atoms with Crippen LogP contribution in [0.4, 0.5) is 0 Å². The van der Waals surface area contributed by atoms with Gasteiger partial charge in [0.1, 0.15) is 11.6 Å². The minimum atomic E-state index is -0.504. The van der Waals surface area contributed by atoms with Gasteiger partial charge in [-0.25, -0.2) is 4.79 Å². The van der Waals surface area contributed by atoms with Crippen LogP contribution in [0.25, 0.3) is 22.0 Å². The standard InChI is InChI=1S/C25H18N4O3/c1-31-25(30)16-9-7-15(8-10-16)20-19(13-26)23(27)32-24-21(20)22(28-29-24)18-11-6-14-4-2-3-5-17(14)12-18/h2-12,20H,27H2,1H3,(H,28,29)/t20-/m1/s1. The van der Waals surface area contributed by atoms with E-state index in [2.05, 4.69) is 22.3 Å². The van der Waals surface area contributed by atoms with Crippen LogP contribution in [0.3, 0.4) is 0 Å². The van der Waals surface area contributed by atoms with Crippen molar-refractivity contribution in [2.75, 3.05) is 7.11 Å². The summed E-state index contributed by atoms with van der Waals surface area (Å²) < 4.78 is 10.5. The maximum atomic E-state index is 11.8. The second-order valence-electron chi connectivity index (χ2n) is 7.42. The average molecular weight is 422 g/mol. The van der Waals surface area contributed by atoms with Crippen molar-refractivity contribution >= 4 is 16.7 Å². The lowest BCUT2D eigenvalue weighted by Gasteiger charge is -2.24. The number of ether oxygens (including phenoxy) is 2. The second kappa shape index (κ2) is 7.60. The van der Waals surface area contributed by atoms with Crippen molar-refractivity contribution in [3.8, 4) is 23.2 Å². The molecule has 0 spiro atoms. The number of benzene rings is 3. The molecule has 3 aromatic carbocycles. The lowest BCUT2D eigenvalue weighted by atomic mass is 9.82. The largest absolute Gasteiger partial charge is 0.465 e. The van der Waals surface area contributed by atoms with Crippen molar-refractivity contribution in [2.24, 2.45) is 5.73 Å². The Bertz CT molecular complexity index is 1430. The van der Waals surface area contributed by atoms with Crippen LogP contribution < -0.4 is 10.5 Å². The Hall–Kier alpha value is -4.57. The Labute approximate surface area is 183 Å². The van der Waals surface area contributed by atoms with E-state index in [1.54, 1.807) is 24.3 Å². The molecule has 7 nitrogen and oxygen atoms in total. The third-order valence-electron chi connectivity index (χ3n) is 5.64. The highest BCUT2D eigenvalue weighted by molar-refractivity contribution is 5.89. The van der Waals surface area contributed by atoms with E-state index in [1.807, 2.05) is 36.4 Å². The van der Waals surface area contributed by atoms with Crippen molar-refractivity contribution in [3.63, 3.8) is 0 Å². The predicted octanol–water partition coefficient (Wildman–Crippen LogP) is 4.23. The Balaban J connectivity index is 1.67. The summed E-state index contributed by atoms with van der Waals surface area (Å²) in [6.07, 6.45) is 0. The molecule has 0 bridgehead atoms. The van der Waals surface area contributed by atoms with Gasteiger partial charge in [0.15, 0.2) is 0 Å². The molecular weight excluding hydrogens is 404 g/mol. The van der Waals surface area contributed by atoms with Gasteiger partial charge < -0.3 is 15.2 Å². The lowest BCUT2D eigenvalue weighted by molar-refractivity contribution is 0.0600. The Morgan fingerprint density at radius 3 is 2.59 bits per heavy atom. The molecule has 5 rings (SSSR count). The van der Waals surface area contributed by atoms with Gasteiger partial charge >= 0.3 is 5.97 Å². The molecule has 1 aromatic heterocycles. The Kier molecular flexibility index (Phi) is 4.61. The van der Waals surface area contributed by atoms with Gasteiger partial charge in [0.2, 0.25) is 11.8 Å². The SMILES string of the molecule is COC(=O)c1ccc([C@@H]2C(C#N)=C(N)Oc3n[nH]c(-c4ccc5ccccc5c4)c32)cc1. The molecule has 0 saturated heterocycles. The molecule has 4 aromatic rings. The topological polar surface area (TPSA) is 114 Å². The number of carbonyl (C=O) groups excluding carboxylic acids is 1. The first kappa shape index (κ1) is 19.4. The minimum Gasteiger partial charge on any atom is -0.465 e. The van der Waals surface area contributed by atoms with E-state index in [1.165, 1.54) is 7.11 Å². The van der Waals surface area contributed by atoms with Crippen molar-refractivity contribution < 1.29 is 14.3 Å². The molecule has 0 amide bonds. The van der Waals surface area contributed by atoms with Crippen molar-refractivity contribution in [3.05, 3.63) is 94.9 Å². The zero-order valence-electron chi connectivity index (χ0n) is 17.1. The summed E-state index contributed by atoms with van der Waals surface area (Å²) in [6.45, 7) is 0. The van der Waals surface area contributed by atoms with Crippen molar-refractivity contribution in [1.29, 1.82) is 5.26 Å². The summed E-state index contributed by atoms with van der Waals surface area (Å²) in [5.74, 6) is -0.596. The van der Waals surface area contributed by atoms with Gasteiger partial charge in [0, 0.05) is 5.56 Å². The highest BCUT2D eigenvalue weighted by Crippen LogP contribution is 2.45. The number of hydrogen-bond acceptors (Lipinski definition) is 6. The maximum absolute atomic E-state index is 11.8. The van der Waals surface area contributed by atoms with Crippen molar-refractivity contribution in [2.45, 2.75) is 5.92 Å². The van der Waals surface area contributed by atoms with E-state index in [9.17, 15) is 10.1 Å². The van der Waals surface area contributed by atoms with E-state index in [0.717, 1.165) is 33.2 Å². The van der Waals surface area contributed by atoms with Crippen LogP contribution in [-0.2, 0) is 4.74 Å². The number of methoxy groups -OCH3 is 1. The van der Waals surface area contributed by atoms with Gasteiger partial charge in [0.05, 0.1) is 29.8 Å². The van der Waals surface area contributed by atoms with Crippen LogP contribution >= 0.6 is 0 Å². The first-order valence-electron chi connectivity index (χ1n) is 9.94. The first-order chi connectivity index (χ1) is 15.6. The number of aromatic nitrogens is 2. The molecule has 156 valence electrons. The molecule has 0 radical (unpaired) electrons. The minimum absolute atomic E-state index is 0.0126. The number of fused-ring (bicyclic) bond motifs is 2. The van der Waals surface area contributed by atoms with Crippen LogP contribution in [-0.4, -0.2) is 23.3 Å². The van der Waals surface area contributed by atoms with E-state index >= 15 is 0 Å². The smallest absolute Gasteiger partial charge is 0.337 e. The number of rotatable bonds is 3. The highest BCUT2D eigenvalue weighted by Gasteiger charge is 2.35. The zero-order valence-corrected chi connectivity index (χ0v) is 17.1. The van der Waals surface area contributed by atoms with Gasteiger partial charge in [-0.1, -0.05) is 48.5 Å². The Morgan fingerprint density at radius 1 is 1.12 bits per heavy atom. The lowest BCUT2D eigenvalue weighted by Crippen LogP contribution is -2.21. The molecule has 7 heteroatoms. The molecule has 1 aliphatic heterocycles. The molecule has 0 fully saturated rings. The second-order valence-corrected chi connectivity index (χ2v) is 7.42. The number of nitrogens with zero attached hydrogens (tertiary/aromatic N) is 2. The molecule has 0 aliphatic carbocycles. The molecule has 32 heavy (non-hydrogen) atoms. The molecule has 0 saturated carbocycles. The van der Waals surface area contributed by atoms with Crippen LogP contribution in [0.1, 0.15) is 27.4 Å². The third-order valence-corrected chi connectivity index (χ3v) is 5.64. The van der Waals surface area contributed by atoms with Crippen LogP contribution in [0, 0.1) is 11.3 Å². The molecule has 3 N–H and O–H groups in total. The summed E-state index contributed by atoms with van der Waals surface area (Å²) in [5.41, 5.74) is 9.92. The number of nitriles is 1. The number of carbonyl (C=O) groups is 1. The number of hydrogen-bond donors (Lipinski definition) is 2. The quantitative estimate of drug-likeness (QED) is 0.478. The van der Waals surface area contributed by atoms with E-state index in [0.29, 0.717) is 11.4 Å². The first-order valence-corrected chi connectivity index (χ1v) is 9.94. The van der Waals surface area contributed by atoms with Gasteiger partial charge in [-0.05, 0) is 34.5 Å². The monoisotopic (exact) mass is 422 g/mol. The van der Waals surface area contributed by atoms with Crippen LogP contribution in [0.2, 0.25) is 0 Å².